The molecule has 130 valence electrons. The van der Waals surface area contributed by atoms with Crippen LogP contribution in [-0.2, 0) is 16.5 Å². The van der Waals surface area contributed by atoms with E-state index in [0.29, 0.717) is 16.6 Å². The first-order valence-corrected chi connectivity index (χ1v) is 8.46. The minimum absolute atomic E-state index is 0.262. The molecular weight excluding hydrogens is 357 g/mol. The van der Waals surface area contributed by atoms with Crippen LogP contribution in [0.3, 0.4) is 0 Å². The summed E-state index contributed by atoms with van der Waals surface area (Å²) in [6.45, 7) is 0. The summed E-state index contributed by atoms with van der Waals surface area (Å²) in [7, 11) is -5.79. The van der Waals surface area contributed by atoms with Crippen molar-refractivity contribution in [1.82, 2.24) is 9.97 Å². The lowest BCUT2D eigenvalue weighted by atomic mass is 10.1. The molecule has 3 aromatic rings. The van der Waals surface area contributed by atoms with Crippen LogP contribution in [0.25, 0.3) is 10.9 Å². The van der Waals surface area contributed by atoms with Crippen LogP contribution in [0, 0.1) is 0 Å². The first-order valence-electron chi connectivity index (χ1n) is 7.05. The largest absolute Gasteiger partial charge is 0.534 e. The fraction of sp³-hybridized carbons (Fsp3) is 0.125. The highest BCUT2D eigenvalue weighted by molar-refractivity contribution is 7.87. The fourth-order valence-corrected chi connectivity index (χ4v) is 2.65. The summed E-state index contributed by atoms with van der Waals surface area (Å²) in [5.74, 6) is -0.649. The van der Waals surface area contributed by atoms with Crippen LogP contribution in [0.15, 0.2) is 54.7 Å². The van der Waals surface area contributed by atoms with Gasteiger partial charge in [-0.2, -0.15) is 21.6 Å². The van der Waals surface area contributed by atoms with Crippen molar-refractivity contribution < 1.29 is 25.8 Å². The standard InChI is InChI=1S/C16H11F3N2O3S/c17-16(18,19)25(22,23)24-14-10-12-7-4-8-20-15(12)13(21-14)9-11-5-2-1-3-6-11/h1-8,10H,9H2. The average molecular weight is 368 g/mol. The van der Waals surface area contributed by atoms with E-state index in [1.165, 1.54) is 6.20 Å². The minimum Gasteiger partial charge on any atom is -0.355 e. The zero-order valence-electron chi connectivity index (χ0n) is 12.6. The molecule has 25 heavy (non-hydrogen) atoms. The van der Waals surface area contributed by atoms with Gasteiger partial charge in [-0.05, 0) is 11.6 Å². The lowest BCUT2D eigenvalue weighted by Gasteiger charge is -2.11. The van der Waals surface area contributed by atoms with E-state index in [-0.39, 0.29) is 6.42 Å². The highest BCUT2D eigenvalue weighted by Crippen LogP contribution is 2.28. The van der Waals surface area contributed by atoms with Crippen molar-refractivity contribution in [3.8, 4) is 5.88 Å². The Morgan fingerprint density at radius 1 is 1.04 bits per heavy atom. The second kappa shape index (κ2) is 6.32. The Morgan fingerprint density at radius 3 is 2.44 bits per heavy atom. The van der Waals surface area contributed by atoms with Crippen molar-refractivity contribution >= 4 is 21.0 Å². The normalized spacial score (nSPS) is 12.3. The molecule has 0 unspecified atom stereocenters. The number of pyridine rings is 2. The zero-order chi connectivity index (χ0) is 18.1. The SMILES string of the molecule is O=S(=O)(Oc1cc2cccnc2c(Cc2ccccc2)n1)C(F)(F)F. The van der Waals surface area contributed by atoms with Crippen LogP contribution in [0.5, 0.6) is 5.88 Å². The van der Waals surface area contributed by atoms with E-state index in [9.17, 15) is 21.6 Å². The van der Waals surface area contributed by atoms with Gasteiger partial charge in [-0.3, -0.25) is 4.98 Å². The van der Waals surface area contributed by atoms with Crippen molar-refractivity contribution in [2.75, 3.05) is 0 Å². The van der Waals surface area contributed by atoms with Crippen molar-refractivity contribution in [2.45, 2.75) is 11.9 Å². The molecular formula is C16H11F3N2O3S. The van der Waals surface area contributed by atoms with E-state index in [0.717, 1.165) is 11.6 Å². The summed E-state index contributed by atoms with van der Waals surface area (Å²) in [6.07, 6.45) is 1.78. The molecule has 0 fully saturated rings. The summed E-state index contributed by atoms with van der Waals surface area (Å²) in [6, 6.07) is 13.3. The van der Waals surface area contributed by atoms with E-state index in [1.807, 2.05) is 18.2 Å². The maximum Gasteiger partial charge on any atom is 0.534 e. The lowest BCUT2D eigenvalue weighted by molar-refractivity contribution is -0.0501. The first kappa shape index (κ1) is 17.2. The molecule has 0 aliphatic rings. The molecule has 0 amide bonds. The van der Waals surface area contributed by atoms with E-state index >= 15 is 0 Å². The molecule has 3 rings (SSSR count). The molecule has 0 saturated carbocycles. The van der Waals surface area contributed by atoms with Crippen LogP contribution >= 0.6 is 0 Å². The van der Waals surface area contributed by atoms with Gasteiger partial charge in [-0.15, -0.1) is 0 Å². The number of rotatable bonds is 4. The molecule has 0 aliphatic carbocycles. The van der Waals surface area contributed by atoms with E-state index in [4.69, 9.17) is 0 Å². The van der Waals surface area contributed by atoms with Gasteiger partial charge in [0.05, 0.1) is 11.2 Å². The second-order valence-corrected chi connectivity index (χ2v) is 6.67. The van der Waals surface area contributed by atoms with Crippen molar-refractivity contribution in [3.63, 3.8) is 0 Å². The van der Waals surface area contributed by atoms with Crippen molar-refractivity contribution in [2.24, 2.45) is 0 Å². The molecule has 5 nitrogen and oxygen atoms in total. The van der Waals surface area contributed by atoms with Gasteiger partial charge in [0.25, 0.3) is 0 Å². The van der Waals surface area contributed by atoms with Crippen LogP contribution < -0.4 is 4.18 Å². The fourth-order valence-electron chi connectivity index (χ4n) is 2.24. The van der Waals surface area contributed by atoms with Crippen molar-refractivity contribution in [3.05, 3.63) is 66.0 Å². The lowest BCUT2D eigenvalue weighted by Crippen LogP contribution is -2.28. The number of hydrogen-bond acceptors (Lipinski definition) is 5. The number of aromatic nitrogens is 2. The third-order valence-electron chi connectivity index (χ3n) is 3.33. The molecule has 0 aliphatic heterocycles. The predicted octanol–water partition coefficient (Wildman–Crippen LogP) is 3.45. The minimum atomic E-state index is -5.79. The summed E-state index contributed by atoms with van der Waals surface area (Å²) >= 11 is 0. The van der Waals surface area contributed by atoms with Crippen molar-refractivity contribution in [1.29, 1.82) is 0 Å². The Hall–Kier alpha value is -2.68. The summed E-state index contributed by atoms with van der Waals surface area (Å²) in [4.78, 5) is 8.10. The Morgan fingerprint density at radius 2 is 1.76 bits per heavy atom. The van der Waals surface area contributed by atoms with E-state index in [2.05, 4.69) is 14.2 Å². The predicted molar refractivity (Wildman–Crippen MR) is 84.4 cm³/mol. The molecule has 1 aromatic carbocycles. The van der Waals surface area contributed by atoms with Gasteiger partial charge >= 0.3 is 15.6 Å². The maximum absolute atomic E-state index is 12.5. The van der Waals surface area contributed by atoms with Gasteiger partial charge in [-0.1, -0.05) is 36.4 Å². The number of alkyl halides is 3. The van der Waals surface area contributed by atoms with E-state index < -0.39 is 21.5 Å². The van der Waals surface area contributed by atoms with Gasteiger partial charge in [0, 0.05) is 24.1 Å². The van der Waals surface area contributed by atoms with Gasteiger partial charge in [-0.25, -0.2) is 4.98 Å². The molecule has 0 spiro atoms. The number of fused-ring (bicyclic) bond motifs is 1. The number of benzene rings is 1. The van der Waals surface area contributed by atoms with Gasteiger partial charge < -0.3 is 4.18 Å². The Labute approximate surface area is 141 Å². The zero-order valence-corrected chi connectivity index (χ0v) is 13.4. The van der Waals surface area contributed by atoms with Crippen LogP contribution in [0.1, 0.15) is 11.3 Å². The maximum atomic E-state index is 12.5. The molecule has 0 N–H and O–H groups in total. The molecule has 0 radical (unpaired) electrons. The van der Waals surface area contributed by atoms with Gasteiger partial charge in [0.1, 0.15) is 0 Å². The van der Waals surface area contributed by atoms with Gasteiger partial charge in [0.2, 0.25) is 5.88 Å². The highest BCUT2D eigenvalue weighted by atomic mass is 32.2. The smallest absolute Gasteiger partial charge is 0.355 e. The Balaban J connectivity index is 2.07. The Kier molecular flexibility index (Phi) is 4.34. The molecule has 9 heteroatoms. The topological polar surface area (TPSA) is 69.2 Å². The van der Waals surface area contributed by atoms with Crippen LogP contribution in [0.2, 0.25) is 0 Å². The van der Waals surface area contributed by atoms with Gasteiger partial charge in [0.15, 0.2) is 0 Å². The summed E-state index contributed by atoms with van der Waals surface area (Å²) in [5, 5.41) is 0.427. The molecule has 0 bridgehead atoms. The second-order valence-electron chi connectivity index (χ2n) is 5.13. The molecule has 2 aromatic heterocycles. The van der Waals surface area contributed by atoms with Crippen LogP contribution in [0.4, 0.5) is 13.2 Å². The Bertz CT molecular complexity index is 1010. The third-order valence-corrected chi connectivity index (χ3v) is 4.29. The molecule has 0 atom stereocenters. The van der Waals surface area contributed by atoms with Crippen LogP contribution in [-0.4, -0.2) is 23.9 Å². The average Bonchev–Trinajstić information content (AvgIpc) is 2.54. The summed E-state index contributed by atoms with van der Waals surface area (Å²) in [5.41, 5.74) is -3.91. The van der Waals surface area contributed by atoms with E-state index in [1.54, 1.807) is 24.3 Å². The number of halogens is 3. The highest BCUT2D eigenvalue weighted by Gasteiger charge is 2.48. The number of hydrogen-bond donors (Lipinski definition) is 0. The summed E-state index contributed by atoms with van der Waals surface area (Å²) < 4.78 is 64.2. The first-order chi connectivity index (χ1) is 11.8. The number of nitrogens with zero attached hydrogens (tertiary/aromatic N) is 2. The molecule has 2 heterocycles. The molecule has 0 saturated heterocycles. The third kappa shape index (κ3) is 3.71. The quantitative estimate of drug-likeness (QED) is 0.521. The monoisotopic (exact) mass is 368 g/mol.